The lowest BCUT2D eigenvalue weighted by Crippen LogP contribution is -2.40. The van der Waals surface area contributed by atoms with E-state index in [1.54, 1.807) is 0 Å². The van der Waals surface area contributed by atoms with E-state index >= 15 is 0 Å². The van der Waals surface area contributed by atoms with Crippen LogP contribution in [0.1, 0.15) is 30.4 Å². The molecule has 174 valence electrons. The number of nitrogens with zero attached hydrogens (tertiary/aromatic N) is 2. The highest BCUT2D eigenvalue weighted by Gasteiger charge is 2.24. The van der Waals surface area contributed by atoms with Crippen LogP contribution >= 0.6 is 34.8 Å². The average molecular weight is 519 g/mol. The summed E-state index contributed by atoms with van der Waals surface area (Å²) in [6, 6.07) is 10.8. The van der Waals surface area contributed by atoms with Gasteiger partial charge in [0.1, 0.15) is 6.54 Å². The second-order valence-electron chi connectivity index (χ2n) is 7.92. The second kappa shape index (κ2) is 11.1. The van der Waals surface area contributed by atoms with Gasteiger partial charge in [0.25, 0.3) is 0 Å². The van der Waals surface area contributed by atoms with Crippen LogP contribution in [-0.4, -0.2) is 45.1 Å². The fourth-order valence-corrected chi connectivity index (χ4v) is 5.16. The third-order valence-corrected chi connectivity index (χ3v) is 7.46. The number of likely N-dealkylation sites (tertiary alicyclic amines) is 1. The van der Waals surface area contributed by atoms with Crippen LogP contribution in [0.3, 0.4) is 0 Å². The number of carbonyl (C=O) groups is 1. The topological polar surface area (TPSA) is 69.7 Å². The van der Waals surface area contributed by atoms with E-state index in [4.69, 9.17) is 34.8 Å². The highest BCUT2D eigenvalue weighted by atomic mass is 35.5. The monoisotopic (exact) mass is 517 g/mol. The van der Waals surface area contributed by atoms with Crippen molar-refractivity contribution in [3.63, 3.8) is 0 Å². The predicted molar refractivity (Wildman–Crippen MR) is 131 cm³/mol. The molecule has 1 amide bonds. The highest BCUT2D eigenvalue weighted by Crippen LogP contribution is 2.35. The van der Waals surface area contributed by atoms with Gasteiger partial charge in [0.15, 0.2) is 0 Å². The van der Waals surface area contributed by atoms with Crippen LogP contribution < -0.4 is 9.62 Å². The number of anilines is 1. The van der Waals surface area contributed by atoms with Crippen LogP contribution in [0, 0.1) is 0 Å². The molecule has 1 N–H and O–H groups in total. The van der Waals surface area contributed by atoms with Gasteiger partial charge in [0.05, 0.1) is 27.0 Å². The molecule has 0 atom stereocenters. The molecule has 0 aliphatic carbocycles. The molecule has 0 saturated carbocycles. The number of sulfonamides is 1. The third-order valence-electron chi connectivity index (χ3n) is 5.31. The first-order valence-corrected chi connectivity index (χ1v) is 13.3. The van der Waals surface area contributed by atoms with Gasteiger partial charge >= 0.3 is 0 Å². The number of amides is 1. The summed E-state index contributed by atoms with van der Waals surface area (Å²) in [4.78, 5) is 15.0. The minimum Gasteiger partial charge on any atom is -0.350 e. The van der Waals surface area contributed by atoms with Crippen molar-refractivity contribution in [3.8, 4) is 0 Å². The molecule has 0 unspecified atom stereocenters. The lowest BCUT2D eigenvalue weighted by Gasteiger charge is -2.26. The summed E-state index contributed by atoms with van der Waals surface area (Å²) in [6.07, 6.45) is 4.81. The lowest BCUT2D eigenvalue weighted by molar-refractivity contribution is -0.119. The molecule has 1 fully saturated rings. The Labute approximate surface area is 204 Å². The molecule has 1 saturated heterocycles. The second-order valence-corrected chi connectivity index (χ2v) is 11.0. The number of hydrogen-bond acceptors (Lipinski definition) is 4. The number of halogens is 3. The molecule has 0 radical (unpaired) electrons. The minimum absolute atomic E-state index is 0.0851. The van der Waals surface area contributed by atoms with Crippen LogP contribution in [-0.2, 0) is 27.9 Å². The first-order valence-electron chi connectivity index (χ1n) is 10.3. The summed E-state index contributed by atoms with van der Waals surface area (Å²) in [7, 11) is -3.79. The average Bonchev–Trinajstić information content (AvgIpc) is 2.74. The van der Waals surface area contributed by atoms with Crippen molar-refractivity contribution in [2.24, 2.45) is 0 Å². The number of rotatable bonds is 8. The van der Waals surface area contributed by atoms with Crippen LogP contribution in [0.25, 0.3) is 0 Å². The third kappa shape index (κ3) is 6.99. The minimum atomic E-state index is -3.79. The molecular weight excluding hydrogens is 493 g/mol. The fraction of sp³-hybridized carbons (Fsp3) is 0.409. The zero-order valence-corrected chi connectivity index (χ0v) is 20.9. The first kappa shape index (κ1) is 25.1. The quantitative estimate of drug-likeness (QED) is 0.514. The van der Waals surface area contributed by atoms with Gasteiger partial charge < -0.3 is 5.32 Å². The Morgan fingerprint density at radius 3 is 2.19 bits per heavy atom. The molecular formula is C22H26Cl3N3O3S. The van der Waals surface area contributed by atoms with E-state index in [0.29, 0.717) is 0 Å². The Morgan fingerprint density at radius 1 is 0.969 bits per heavy atom. The van der Waals surface area contributed by atoms with Crippen molar-refractivity contribution in [1.82, 2.24) is 10.2 Å². The molecule has 0 spiro atoms. The number of nitrogens with one attached hydrogen (secondary N) is 1. The van der Waals surface area contributed by atoms with Gasteiger partial charge in [-0.2, -0.15) is 0 Å². The van der Waals surface area contributed by atoms with Gasteiger partial charge in [-0.1, -0.05) is 65.5 Å². The Balaban J connectivity index is 1.60. The van der Waals surface area contributed by atoms with Crippen molar-refractivity contribution >= 4 is 56.4 Å². The standard InChI is InChI=1S/C22H26Cl3N3O3S/c1-32(30,31)28(21-12-19(24)18(23)11-20(21)25)15-22(29)26-13-16-5-7-17(8-6-16)14-27-9-3-2-4-10-27/h5-8,11-12H,2-4,9-10,13-15H2,1H3,(H,26,29). The summed E-state index contributed by atoms with van der Waals surface area (Å²) in [5.74, 6) is -0.463. The van der Waals surface area contributed by atoms with Crippen LogP contribution in [0.4, 0.5) is 5.69 Å². The smallest absolute Gasteiger partial charge is 0.241 e. The largest absolute Gasteiger partial charge is 0.350 e. The SMILES string of the molecule is CS(=O)(=O)N(CC(=O)NCc1ccc(CN2CCCCC2)cc1)c1cc(Cl)c(Cl)cc1Cl. The molecule has 1 aliphatic rings. The lowest BCUT2D eigenvalue weighted by atomic mass is 10.1. The van der Waals surface area contributed by atoms with Gasteiger partial charge in [-0.05, 0) is 49.2 Å². The maximum Gasteiger partial charge on any atom is 0.241 e. The molecule has 32 heavy (non-hydrogen) atoms. The molecule has 3 rings (SSSR count). The zero-order chi connectivity index (χ0) is 23.3. The maximum absolute atomic E-state index is 12.5. The number of piperidine rings is 1. The molecule has 6 nitrogen and oxygen atoms in total. The van der Waals surface area contributed by atoms with E-state index in [2.05, 4.69) is 22.3 Å². The van der Waals surface area contributed by atoms with E-state index in [0.717, 1.165) is 35.8 Å². The molecule has 2 aromatic carbocycles. The van der Waals surface area contributed by atoms with Crippen LogP contribution in [0.5, 0.6) is 0 Å². The molecule has 2 aromatic rings. The van der Waals surface area contributed by atoms with E-state index in [9.17, 15) is 13.2 Å². The molecule has 10 heteroatoms. The molecule has 0 aromatic heterocycles. The highest BCUT2D eigenvalue weighted by molar-refractivity contribution is 7.92. The van der Waals surface area contributed by atoms with Crippen LogP contribution in [0.15, 0.2) is 36.4 Å². The van der Waals surface area contributed by atoms with E-state index in [-0.39, 0.29) is 27.3 Å². The molecule has 1 heterocycles. The number of carbonyl (C=O) groups excluding carboxylic acids is 1. The summed E-state index contributed by atoms with van der Waals surface area (Å²) in [5.41, 5.74) is 2.26. The first-order chi connectivity index (χ1) is 15.1. The van der Waals surface area contributed by atoms with Gasteiger partial charge in [-0.15, -0.1) is 0 Å². The summed E-state index contributed by atoms with van der Waals surface area (Å²) < 4.78 is 25.5. The van der Waals surface area contributed by atoms with Crippen molar-refractivity contribution < 1.29 is 13.2 Å². The number of benzene rings is 2. The Morgan fingerprint density at radius 2 is 1.56 bits per heavy atom. The van der Waals surface area contributed by atoms with Gasteiger partial charge in [0, 0.05) is 13.1 Å². The van der Waals surface area contributed by atoms with Gasteiger partial charge in [0.2, 0.25) is 15.9 Å². The fourth-order valence-electron chi connectivity index (χ4n) is 3.61. The van der Waals surface area contributed by atoms with Crippen LogP contribution in [0.2, 0.25) is 15.1 Å². The van der Waals surface area contributed by atoms with Crippen molar-refractivity contribution in [1.29, 1.82) is 0 Å². The van der Waals surface area contributed by atoms with Crippen molar-refractivity contribution in [3.05, 3.63) is 62.6 Å². The Bertz CT molecular complexity index is 1060. The van der Waals surface area contributed by atoms with E-state index in [1.165, 1.54) is 37.0 Å². The Hall–Kier alpha value is -1.51. The normalized spacial score (nSPS) is 14.9. The Kier molecular flexibility index (Phi) is 8.69. The maximum atomic E-state index is 12.5. The number of hydrogen-bond donors (Lipinski definition) is 1. The predicted octanol–water partition coefficient (Wildman–Crippen LogP) is 4.72. The van der Waals surface area contributed by atoms with Crippen molar-refractivity contribution in [2.75, 3.05) is 30.2 Å². The van der Waals surface area contributed by atoms with Gasteiger partial charge in [-0.3, -0.25) is 14.0 Å². The summed E-state index contributed by atoms with van der Waals surface area (Å²) >= 11 is 18.1. The summed E-state index contributed by atoms with van der Waals surface area (Å²) in [5, 5.41) is 3.18. The van der Waals surface area contributed by atoms with Crippen molar-refractivity contribution in [2.45, 2.75) is 32.4 Å². The van der Waals surface area contributed by atoms with E-state index in [1.807, 2.05) is 12.1 Å². The summed E-state index contributed by atoms with van der Waals surface area (Å²) in [6.45, 7) is 3.06. The molecule has 1 aliphatic heterocycles. The van der Waals surface area contributed by atoms with Gasteiger partial charge in [-0.25, -0.2) is 8.42 Å². The zero-order valence-electron chi connectivity index (χ0n) is 17.8. The molecule has 0 bridgehead atoms. The van der Waals surface area contributed by atoms with E-state index < -0.39 is 22.5 Å².